The third-order valence-corrected chi connectivity index (χ3v) is 3.84. The summed E-state index contributed by atoms with van der Waals surface area (Å²) in [5.41, 5.74) is 0. The Kier molecular flexibility index (Phi) is 3.25. The maximum atomic E-state index is 10.7. The normalized spacial score (nSPS) is 10.6. The number of hydrogen-bond acceptors (Lipinski definition) is 6. The Labute approximate surface area is 99.5 Å². The summed E-state index contributed by atoms with van der Waals surface area (Å²) in [5, 5.41) is 16.8. The van der Waals surface area contributed by atoms with Crippen LogP contribution in [0, 0.1) is 6.92 Å². The molecule has 0 amide bonds. The van der Waals surface area contributed by atoms with Gasteiger partial charge in [-0.3, -0.25) is 0 Å². The average Bonchev–Trinajstić information content (AvgIpc) is 2.83. The molecule has 1 N–H and O–H groups in total. The number of rotatable bonds is 4. The van der Waals surface area contributed by atoms with E-state index in [9.17, 15) is 4.79 Å². The van der Waals surface area contributed by atoms with E-state index in [1.54, 1.807) is 19.1 Å². The molecule has 84 valence electrons. The molecule has 0 aliphatic heterocycles. The Morgan fingerprint density at radius 3 is 2.94 bits per heavy atom. The van der Waals surface area contributed by atoms with E-state index in [0.717, 1.165) is 4.88 Å². The first-order valence-electron chi connectivity index (χ1n) is 4.40. The summed E-state index contributed by atoms with van der Waals surface area (Å²) in [6.07, 6.45) is 0. The second-order valence-electron chi connectivity index (χ2n) is 2.95. The van der Waals surface area contributed by atoms with Crippen LogP contribution in [0.2, 0.25) is 0 Å². The number of nitrogens with zero attached hydrogens (tertiary/aromatic N) is 2. The van der Waals surface area contributed by atoms with Crippen molar-refractivity contribution in [3.05, 3.63) is 27.8 Å². The van der Waals surface area contributed by atoms with Crippen LogP contribution in [0.1, 0.15) is 20.4 Å². The zero-order valence-electron chi connectivity index (χ0n) is 8.34. The molecular weight excluding hydrogens is 248 g/mol. The van der Waals surface area contributed by atoms with Crippen molar-refractivity contribution in [2.75, 3.05) is 0 Å². The van der Waals surface area contributed by atoms with Crippen molar-refractivity contribution in [1.82, 2.24) is 10.2 Å². The Bertz CT molecular complexity index is 506. The molecular formula is C9H8N2O3S2. The third-order valence-electron chi connectivity index (χ3n) is 1.72. The number of thioether (sulfide) groups is 1. The SMILES string of the molecule is Cc1nnc(SCc2ccc(C(=O)O)s2)o1. The first-order valence-corrected chi connectivity index (χ1v) is 6.20. The molecule has 0 unspecified atom stereocenters. The van der Waals surface area contributed by atoms with E-state index in [-0.39, 0.29) is 0 Å². The number of aromatic nitrogens is 2. The minimum absolute atomic E-state index is 0.345. The molecule has 0 saturated heterocycles. The summed E-state index contributed by atoms with van der Waals surface area (Å²) in [5.74, 6) is 0.273. The van der Waals surface area contributed by atoms with Gasteiger partial charge in [0.05, 0.1) is 0 Å². The number of carboxylic acids is 1. The Balaban J connectivity index is 1.97. The Hall–Kier alpha value is -1.34. The van der Waals surface area contributed by atoms with Crippen LogP contribution in [0.15, 0.2) is 21.8 Å². The van der Waals surface area contributed by atoms with Crippen molar-refractivity contribution < 1.29 is 14.3 Å². The molecule has 0 spiro atoms. The van der Waals surface area contributed by atoms with Gasteiger partial charge in [-0.15, -0.1) is 21.5 Å². The number of aryl methyl sites for hydroxylation is 1. The van der Waals surface area contributed by atoms with Gasteiger partial charge in [0.25, 0.3) is 5.22 Å². The number of carboxylic acid groups (broad SMARTS) is 1. The zero-order valence-corrected chi connectivity index (χ0v) is 9.97. The highest BCUT2D eigenvalue weighted by Gasteiger charge is 2.09. The van der Waals surface area contributed by atoms with Gasteiger partial charge in [-0.25, -0.2) is 4.79 Å². The maximum Gasteiger partial charge on any atom is 0.345 e. The fraction of sp³-hybridized carbons (Fsp3) is 0.222. The van der Waals surface area contributed by atoms with Crippen LogP contribution in [0.25, 0.3) is 0 Å². The molecule has 2 aromatic rings. The molecule has 0 aliphatic rings. The van der Waals surface area contributed by atoms with Crippen molar-refractivity contribution >= 4 is 29.1 Å². The molecule has 2 heterocycles. The largest absolute Gasteiger partial charge is 0.477 e. The molecule has 0 radical (unpaired) electrons. The Morgan fingerprint density at radius 2 is 2.38 bits per heavy atom. The molecule has 0 saturated carbocycles. The van der Waals surface area contributed by atoms with Crippen LogP contribution >= 0.6 is 23.1 Å². The van der Waals surface area contributed by atoms with Crippen molar-refractivity contribution in [3.63, 3.8) is 0 Å². The van der Waals surface area contributed by atoms with Crippen molar-refractivity contribution in [2.45, 2.75) is 17.9 Å². The fourth-order valence-corrected chi connectivity index (χ4v) is 2.73. The molecule has 16 heavy (non-hydrogen) atoms. The minimum Gasteiger partial charge on any atom is -0.477 e. The van der Waals surface area contributed by atoms with E-state index in [2.05, 4.69) is 10.2 Å². The molecule has 0 atom stereocenters. The highest BCUT2D eigenvalue weighted by molar-refractivity contribution is 7.98. The lowest BCUT2D eigenvalue weighted by molar-refractivity contribution is 0.0702. The summed E-state index contributed by atoms with van der Waals surface area (Å²) in [7, 11) is 0. The van der Waals surface area contributed by atoms with Gasteiger partial charge < -0.3 is 9.52 Å². The van der Waals surface area contributed by atoms with E-state index in [1.807, 2.05) is 0 Å². The highest BCUT2D eigenvalue weighted by atomic mass is 32.2. The predicted molar refractivity (Wildman–Crippen MR) is 59.9 cm³/mol. The van der Waals surface area contributed by atoms with Gasteiger partial charge >= 0.3 is 5.97 Å². The summed E-state index contributed by atoms with van der Waals surface area (Å²) in [4.78, 5) is 12.0. The summed E-state index contributed by atoms with van der Waals surface area (Å²) in [6.45, 7) is 1.73. The van der Waals surface area contributed by atoms with Gasteiger partial charge in [0.2, 0.25) is 5.89 Å². The van der Waals surface area contributed by atoms with Crippen molar-refractivity contribution in [2.24, 2.45) is 0 Å². The van der Waals surface area contributed by atoms with Crippen LogP contribution < -0.4 is 0 Å². The van der Waals surface area contributed by atoms with Gasteiger partial charge in [-0.2, -0.15) is 0 Å². The van der Waals surface area contributed by atoms with Crippen LogP contribution in [0.5, 0.6) is 0 Å². The van der Waals surface area contributed by atoms with Gasteiger partial charge in [0, 0.05) is 17.6 Å². The number of aromatic carboxylic acids is 1. The van der Waals surface area contributed by atoms with Crippen molar-refractivity contribution in [3.8, 4) is 0 Å². The molecule has 2 aromatic heterocycles. The number of hydrogen-bond donors (Lipinski definition) is 1. The average molecular weight is 256 g/mol. The third kappa shape index (κ3) is 2.61. The van der Waals surface area contributed by atoms with Gasteiger partial charge in [-0.1, -0.05) is 11.8 Å². The van der Waals surface area contributed by atoms with E-state index in [0.29, 0.717) is 21.7 Å². The minimum atomic E-state index is -0.894. The summed E-state index contributed by atoms with van der Waals surface area (Å²) < 4.78 is 5.19. The first-order chi connectivity index (χ1) is 7.65. The first kappa shape index (κ1) is 11.2. The second kappa shape index (κ2) is 4.67. The second-order valence-corrected chi connectivity index (χ2v) is 5.04. The predicted octanol–water partition coefficient (Wildman–Crippen LogP) is 2.43. The topological polar surface area (TPSA) is 76.2 Å². The van der Waals surface area contributed by atoms with Crippen LogP contribution in [-0.4, -0.2) is 21.3 Å². The van der Waals surface area contributed by atoms with Crippen LogP contribution in [0.4, 0.5) is 0 Å². The van der Waals surface area contributed by atoms with Gasteiger partial charge in [0.15, 0.2) is 0 Å². The molecule has 0 fully saturated rings. The monoisotopic (exact) mass is 256 g/mol. The van der Waals surface area contributed by atoms with Crippen LogP contribution in [-0.2, 0) is 5.75 Å². The molecule has 0 aliphatic carbocycles. The summed E-state index contributed by atoms with van der Waals surface area (Å²) in [6, 6.07) is 3.40. The van der Waals surface area contributed by atoms with E-state index in [1.165, 1.54) is 23.1 Å². The fourth-order valence-electron chi connectivity index (χ4n) is 1.04. The van der Waals surface area contributed by atoms with E-state index < -0.39 is 5.97 Å². The smallest absolute Gasteiger partial charge is 0.345 e. The number of carbonyl (C=O) groups is 1. The highest BCUT2D eigenvalue weighted by Crippen LogP contribution is 2.25. The van der Waals surface area contributed by atoms with Crippen molar-refractivity contribution in [1.29, 1.82) is 0 Å². The molecule has 0 bridgehead atoms. The molecule has 2 rings (SSSR count). The lowest BCUT2D eigenvalue weighted by Crippen LogP contribution is -1.89. The zero-order chi connectivity index (χ0) is 11.5. The molecule has 5 nitrogen and oxygen atoms in total. The maximum absolute atomic E-state index is 10.7. The molecule has 7 heteroatoms. The van der Waals surface area contributed by atoms with E-state index >= 15 is 0 Å². The molecule has 0 aromatic carbocycles. The van der Waals surface area contributed by atoms with Crippen LogP contribution in [0.3, 0.4) is 0 Å². The van der Waals surface area contributed by atoms with E-state index in [4.69, 9.17) is 9.52 Å². The number of thiophene rings is 1. The standard InChI is InChI=1S/C9H8N2O3S2/c1-5-10-11-9(14-5)15-4-6-2-3-7(16-6)8(12)13/h2-3H,4H2,1H3,(H,12,13). The lowest BCUT2D eigenvalue weighted by atomic mass is 10.4. The summed E-state index contributed by atoms with van der Waals surface area (Å²) >= 11 is 2.65. The van der Waals surface area contributed by atoms with Gasteiger partial charge in [-0.05, 0) is 12.1 Å². The Morgan fingerprint density at radius 1 is 1.56 bits per heavy atom. The quantitative estimate of drug-likeness (QED) is 0.847. The lowest BCUT2D eigenvalue weighted by Gasteiger charge is -1.91. The van der Waals surface area contributed by atoms with Gasteiger partial charge in [0.1, 0.15) is 4.88 Å².